The van der Waals surface area contributed by atoms with Crippen molar-refractivity contribution in [2.24, 2.45) is 4.99 Å². The van der Waals surface area contributed by atoms with Crippen LogP contribution in [0.1, 0.15) is 30.1 Å². The summed E-state index contributed by atoms with van der Waals surface area (Å²) in [5.41, 5.74) is 3.30. The van der Waals surface area contributed by atoms with Gasteiger partial charge in [-0.2, -0.15) is 5.10 Å². The zero-order valence-corrected chi connectivity index (χ0v) is 21.6. The van der Waals surface area contributed by atoms with Crippen molar-refractivity contribution >= 4 is 29.9 Å². The molecule has 8 heteroatoms. The second kappa shape index (κ2) is 12.6. The molecule has 0 saturated carbocycles. The molecule has 4 rings (SSSR count). The van der Waals surface area contributed by atoms with E-state index in [-0.39, 0.29) is 24.0 Å². The average Bonchev–Trinajstić information content (AvgIpc) is 3.55. The summed E-state index contributed by atoms with van der Waals surface area (Å²) in [4.78, 5) is 6.95. The summed E-state index contributed by atoms with van der Waals surface area (Å²) in [5, 5.41) is 11.6. The molecule has 2 N–H and O–H groups in total. The van der Waals surface area contributed by atoms with E-state index in [9.17, 15) is 0 Å². The van der Waals surface area contributed by atoms with Gasteiger partial charge < -0.3 is 15.4 Å². The molecular formula is C25H33IN6O. The highest BCUT2D eigenvalue weighted by Gasteiger charge is 2.23. The molecule has 1 aliphatic heterocycles. The molecular weight excluding hydrogens is 527 g/mol. The number of benzene rings is 2. The first kappa shape index (κ1) is 25.0. The van der Waals surface area contributed by atoms with Crippen LogP contribution >= 0.6 is 24.0 Å². The Morgan fingerprint density at radius 1 is 1.03 bits per heavy atom. The lowest BCUT2D eigenvalue weighted by molar-refractivity contribution is 0.245. The van der Waals surface area contributed by atoms with Crippen molar-refractivity contribution in [1.29, 1.82) is 0 Å². The summed E-state index contributed by atoms with van der Waals surface area (Å²) in [6.07, 6.45) is 4.49. The summed E-state index contributed by atoms with van der Waals surface area (Å²) < 4.78 is 7.22. The van der Waals surface area contributed by atoms with Crippen molar-refractivity contribution in [3.8, 4) is 11.4 Å². The second-order valence-electron chi connectivity index (χ2n) is 7.93. The Hall–Kier alpha value is -2.59. The molecule has 1 aliphatic rings. The van der Waals surface area contributed by atoms with E-state index in [1.165, 1.54) is 18.4 Å². The van der Waals surface area contributed by atoms with Crippen LogP contribution in [0.2, 0.25) is 0 Å². The number of rotatable bonds is 8. The van der Waals surface area contributed by atoms with Gasteiger partial charge in [0.1, 0.15) is 5.75 Å². The van der Waals surface area contributed by atoms with Gasteiger partial charge in [-0.05, 0) is 61.8 Å². The van der Waals surface area contributed by atoms with E-state index in [1.807, 2.05) is 59.4 Å². The standard InChI is InChI=1S/C25H32N6O.HI/c1-26-25(27-18-21-14-17-31(29-21)22-8-4-3-5-9-22)28-19-24(30-15-6-7-16-30)20-10-12-23(32-2)13-11-20;/h3-5,8-14,17,24H,6-7,15-16,18-19H2,1-2H3,(H2,26,27,28);1H. The van der Waals surface area contributed by atoms with E-state index in [4.69, 9.17) is 4.74 Å². The highest BCUT2D eigenvalue weighted by molar-refractivity contribution is 14.0. The zero-order chi connectivity index (χ0) is 22.2. The molecule has 0 spiro atoms. The summed E-state index contributed by atoms with van der Waals surface area (Å²) >= 11 is 0. The minimum atomic E-state index is 0. The second-order valence-corrected chi connectivity index (χ2v) is 7.93. The Balaban J connectivity index is 0.00000306. The number of nitrogens with one attached hydrogen (secondary N) is 2. The van der Waals surface area contributed by atoms with Crippen LogP contribution < -0.4 is 15.4 Å². The van der Waals surface area contributed by atoms with Gasteiger partial charge in [0.2, 0.25) is 0 Å². The average molecular weight is 560 g/mol. The normalized spacial score (nSPS) is 15.0. The minimum Gasteiger partial charge on any atom is -0.497 e. The van der Waals surface area contributed by atoms with Crippen molar-refractivity contribution in [3.05, 3.63) is 78.1 Å². The fourth-order valence-electron chi connectivity index (χ4n) is 4.11. The SMILES string of the molecule is CN=C(NCc1ccn(-c2ccccc2)n1)NCC(c1ccc(OC)cc1)N1CCCC1.I. The largest absolute Gasteiger partial charge is 0.497 e. The van der Waals surface area contributed by atoms with E-state index < -0.39 is 0 Å². The Bertz CT molecular complexity index is 999. The van der Waals surface area contributed by atoms with Gasteiger partial charge in [-0.1, -0.05) is 30.3 Å². The van der Waals surface area contributed by atoms with E-state index in [1.54, 1.807) is 14.2 Å². The zero-order valence-electron chi connectivity index (χ0n) is 19.3. The van der Waals surface area contributed by atoms with Gasteiger partial charge in [0.15, 0.2) is 5.96 Å². The van der Waals surface area contributed by atoms with Gasteiger partial charge >= 0.3 is 0 Å². The molecule has 176 valence electrons. The van der Waals surface area contributed by atoms with Crippen molar-refractivity contribution < 1.29 is 4.74 Å². The maximum Gasteiger partial charge on any atom is 0.191 e. The molecule has 2 aromatic carbocycles. The third-order valence-electron chi connectivity index (χ3n) is 5.87. The lowest BCUT2D eigenvalue weighted by Crippen LogP contribution is -2.42. The van der Waals surface area contributed by atoms with Crippen LogP contribution in [0.3, 0.4) is 0 Å². The highest BCUT2D eigenvalue weighted by atomic mass is 127. The van der Waals surface area contributed by atoms with Gasteiger partial charge in [-0.15, -0.1) is 24.0 Å². The van der Waals surface area contributed by atoms with E-state index in [0.717, 1.165) is 42.7 Å². The Labute approximate surface area is 213 Å². The Morgan fingerprint density at radius 2 is 1.76 bits per heavy atom. The first-order chi connectivity index (χ1) is 15.8. The number of likely N-dealkylation sites (tertiary alicyclic amines) is 1. The number of nitrogens with zero attached hydrogens (tertiary/aromatic N) is 4. The molecule has 3 aromatic rings. The number of aliphatic imine (C=N–C) groups is 1. The predicted octanol–water partition coefficient (Wildman–Crippen LogP) is 4.00. The fraction of sp³-hybridized carbons (Fsp3) is 0.360. The van der Waals surface area contributed by atoms with Crippen LogP contribution in [-0.2, 0) is 6.54 Å². The summed E-state index contributed by atoms with van der Waals surface area (Å²) in [5.74, 6) is 1.66. The first-order valence-corrected chi connectivity index (χ1v) is 11.2. The molecule has 2 heterocycles. The van der Waals surface area contributed by atoms with Crippen molar-refractivity contribution in [1.82, 2.24) is 25.3 Å². The van der Waals surface area contributed by atoms with E-state index in [0.29, 0.717) is 12.6 Å². The molecule has 0 amide bonds. The molecule has 1 atom stereocenters. The first-order valence-electron chi connectivity index (χ1n) is 11.2. The molecule has 1 aromatic heterocycles. The summed E-state index contributed by atoms with van der Waals surface area (Å²) in [6, 6.07) is 20.8. The molecule has 1 fully saturated rings. The van der Waals surface area contributed by atoms with Crippen molar-refractivity contribution in [2.75, 3.05) is 33.8 Å². The van der Waals surface area contributed by atoms with Crippen LogP contribution in [0, 0.1) is 0 Å². The van der Waals surface area contributed by atoms with Crippen LogP contribution in [0.4, 0.5) is 0 Å². The number of guanidine groups is 1. The van der Waals surface area contributed by atoms with Crippen LogP contribution in [-0.4, -0.2) is 54.4 Å². The van der Waals surface area contributed by atoms with Crippen LogP contribution in [0.5, 0.6) is 5.75 Å². The number of hydrogen-bond donors (Lipinski definition) is 2. The van der Waals surface area contributed by atoms with Gasteiger partial charge in [0.25, 0.3) is 0 Å². The third-order valence-corrected chi connectivity index (χ3v) is 5.87. The third kappa shape index (κ3) is 6.70. The number of methoxy groups -OCH3 is 1. The van der Waals surface area contributed by atoms with Gasteiger partial charge in [-0.25, -0.2) is 4.68 Å². The molecule has 0 bridgehead atoms. The minimum absolute atomic E-state index is 0. The fourth-order valence-corrected chi connectivity index (χ4v) is 4.11. The number of para-hydroxylation sites is 1. The Morgan fingerprint density at radius 3 is 2.42 bits per heavy atom. The lowest BCUT2D eigenvalue weighted by Gasteiger charge is -2.29. The lowest BCUT2D eigenvalue weighted by atomic mass is 10.1. The molecule has 7 nitrogen and oxygen atoms in total. The molecule has 0 aliphatic carbocycles. The monoisotopic (exact) mass is 560 g/mol. The van der Waals surface area contributed by atoms with Crippen LogP contribution in [0.25, 0.3) is 5.69 Å². The topological polar surface area (TPSA) is 66.7 Å². The molecule has 1 unspecified atom stereocenters. The number of halogens is 1. The predicted molar refractivity (Wildman–Crippen MR) is 144 cm³/mol. The highest BCUT2D eigenvalue weighted by Crippen LogP contribution is 2.26. The smallest absolute Gasteiger partial charge is 0.191 e. The van der Waals surface area contributed by atoms with Gasteiger partial charge in [-0.3, -0.25) is 9.89 Å². The molecule has 0 radical (unpaired) electrons. The van der Waals surface area contributed by atoms with E-state index >= 15 is 0 Å². The van der Waals surface area contributed by atoms with Crippen molar-refractivity contribution in [3.63, 3.8) is 0 Å². The van der Waals surface area contributed by atoms with E-state index in [2.05, 4.69) is 37.8 Å². The maximum absolute atomic E-state index is 5.33. The number of hydrogen-bond acceptors (Lipinski definition) is 4. The number of aromatic nitrogens is 2. The van der Waals surface area contributed by atoms with Crippen LogP contribution in [0.15, 0.2) is 71.9 Å². The number of ether oxygens (including phenoxy) is 1. The summed E-state index contributed by atoms with van der Waals surface area (Å²) in [7, 11) is 3.50. The summed E-state index contributed by atoms with van der Waals surface area (Å²) in [6.45, 7) is 3.64. The van der Waals surface area contributed by atoms with Gasteiger partial charge in [0.05, 0.1) is 31.1 Å². The molecule has 33 heavy (non-hydrogen) atoms. The van der Waals surface area contributed by atoms with Gasteiger partial charge in [0, 0.05) is 19.8 Å². The molecule has 1 saturated heterocycles. The van der Waals surface area contributed by atoms with Crippen molar-refractivity contribution in [2.45, 2.75) is 25.4 Å². The maximum atomic E-state index is 5.33. The quantitative estimate of drug-likeness (QED) is 0.248. The Kier molecular flexibility index (Phi) is 9.56.